The van der Waals surface area contributed by atoms with Crippen molar-refractivity contribution in [2.24, 2.45) is 14.1 Å². The molecule has 0 saturated heterocycles. The smallest absolute Gasteiger partial charge is 0.850 e. The predicted octanol–water partition coefficient (Wildman–Crippen LogP) is 2.77. The molecule has 0 bridgehead atoms. The van der Waals surface area contributed by atoms with Crippen molar-refractivity contribution in [3.8, 4) is 28.4 Å². The Morgan fingerprint density at radius 3 is 1.62 bits per heavy atom. The topological polar surface area (TPSA) is 180 Å². The third-order valence-corrected chi connectivity index (χ3v) is 6.39. The van der Waals surface area contributed by atoms with Gasteiger partial charge >= 0.3 is 51.4 Å². The van der Waals surface area contributed by atoms with Gasteiger partial charge in [0.15, 0.2) is 0 Å². The van der Waals surface area contributed by atoms with Gasteiger partial charge in [-0.2, -0.15) is 14.6 Å². The monoisotopic (exact) mass is 682 g/mol. The number of hydrogen-bond donors (Lipinski definition) is 0. The molecule has 0 atom stereocenters. The number of nitrogens with zero attached hydrogens (tertiary/aromatic N) is 8. The van der Waals surface area contributed by atoms with Gasteiger partial charge < -0.3 is 9.84 Å². The second kappa shape index (κ2) is 16.3. The van der Waals surface area contributed by atoms with Crippen molar-refractivity contribution in [2.75, 3.05) is 6.61 Å². The summed E-state index contributed by atoms with van der Waals surface area (Å²) in [5.41, 5.74) is 3.34. The molecule has 0 aliphatic carbocycles. The van der Waals surface area contributed by atoms with Crippen LogP contribution in [0.25, 0.3) is 44.3 Å². The average Bonchev–Trinajstić information content (AvgIpc) is 3.52. The zero-order valence-electron chi connectivity index (χ0n) is 27.5. The first kappa shape index (κ1) is 38.3. The number of aryl methyl sites for hydroxylation is 2. The number of hydrogen-bond acceptors (Lipinski definition) is 10. The fourth-order valence-electron chi connectivity index (χ4n) is 4.49. The fraction of sp³-hybridized carbons (Fsp3) is 0.250. The molecule has 2 aromatic carbocycles. The molecular weight excluding hydrogens is 650 g/mol. The first-order chi connectivity index (χ1) is 22.2. The molecule has 0 N–H and O–H groups in total. The Labute approximate surface area is 317 Å². The minimum atomic E-state index is -0.750. The minimum absolute atomic E-state index is 0. The summed E-state index contributed by atoms with van der Waals surface area (Å²) >= 11 is 0. The van der Waals surface area contributed by atoms with Gasteiger partial charge in [0.25, 0.3) is 11.4 Å². The second-order valence-electron chi connectivity index (χ2n) is 11.2. The Morgan fingerprint density at radius 1 is 0.771 bits per heavy atom. The summed E-state index contributed by atoms with van der Waals surface area (Å²) in [5.74, 6) is -0.115. The molecule has 14 nitrogen and oxygen atoms in total. The van der Waals surface area contributed by atoms with Gasteiger partial charge in [-0.3, -0.25) is 29.6 Å². The van der Waals surface area contributed by atoms with E-state index in [-0.39, 0.29) is 62.8 Å². The number of non-ortho nitro benzene ring substituents is 2. The van der Waals surface area contributed by atoms with Gasteiger partial charge in [0, 0.05) is 84.8 Å². The molecule has 4 aromatic heterocycles. The largest absolute Gasteiger partial charge is 1.00 e. The Kier molecular flexibility index (Phi) is 13.0. The number of benzene rings is 2. The summed E-state index contributed by atoms with van der Waals surface area (Å²) in [4.78, 5) is 28.6. The van der Waals surface area contributed by atoms with Crippen LogP contribution in [0.4, 0.5) is 15.8 Å². The molecule has 6 rings (SSSR count). The van der Waals surface area contributed by atoms with Crippen LogP contribution in [-0.4, -0.2) is 51.6 Å². The van der Waals surface area contributed by atoms with Crippen LogP contribution in [0.5, 0.6) is 5.88 Å². The van der Waals surface area contributed by atoms with Crippen LogP contribution in [0.3, 0.4) is 0 Å². The van der Waals surface area contributed by atoms with Crippen molar-refractivity contribution >= 4 is 33.2 Å². The minimum Gasteiger partial charge on any atom is -0.850 e. The van der Waals surface area contributed by atoms with E-state index in [2.05, 4.69) is 20.2 Å². The number of rotatable bonds is 6. The van der Waals surface area contributed by atoms with Crippen molar-refractivity contribution in [2.45, 2.75) is 33.3 Å². The summed E-state index contributed by atoms with van der Waals surface area (Å²) in [5, 5.41) is 42.1. The zero-order valence-corrected chi connectivity index (χ0v) is 30.7. The van der Waals surface area contributed by atoms with Crippen LogP contribution in [-0.2, 0) is 14.1 Å². The van der Waals surface area contributed by atoms with Crippen LogP contribution in [0.1, 0.15) is 27.7 Å². The van der Waals surface area contributed by atoms with Crippen LogP contribution >= 0.6 is 0 Å². The molecule has 48 heavy (non-hydrogen) atoms. The molecule has 0 aliphatic rings. The quantitative estimate of drug-likeness (QED) is 0.110. The SMILES string of the molecule is CC(C)(C)[O-].CCOc1cc(-c2nn(C)c3ccc([N+](=O)[O-])cc23)ccn1.Cn1nc(-c2ccnc(F)c2)c2cc([N+](=O)[O-])ccc21.[K+]. The maximum absolute atomic E-state index is 13.2. The van der Waals surface area contributed by atoms with Crippen molar-refractivity contribution in [1.29, 1.82) is 0 Å². The summed E-state index contributed by atoms with van der Waals surface area (Å²) in [6, 6.07) is 15.7. The number of halogens is 1. The van der Waals surface area contributed by atoms with Gasteiger partial charge in [-0.05, 0) is 31.2 Å². The second-order valence-corrected chi connectivity index (χ2v) is 11.2. The van der Waals surface area contributed by atoms with Gasteiger partial charge in [-0.1, -0.05) is 20.8 Å². The Balaban J connectivity index is 0.000000225. The van der Waals surface area contributed by atoms with E-state index in [4.69, 9.17) is 4.74 Å². The third kappa shape index (κ3) is 9.68. The molecule has 0 saturated carbocycles. The zero-order chi connectivity index (χ0) is 34.5. The van der Waals surface area contributed by atoms with Crippen molar-refractivity contribution in [3.63, 3.8) is 0 Å². The Bertz CT molecular complexity index is 2070. The molecule has 4 heterocycles. The van der Waals surface area contributed by atoms with E-state index in [9.17, 15) is 29.7 Å². The summed E-state index contributed by atoms with van der Waals surface area (Å²) in [6.07, 6.45) is 2.97. The summed E-state index contributed by atoms with van der Waals surface area (Å²) < 4.78 is 21.9. The number of fused-ring (bicyclic) bond motifs is 2. The average molecular weight is 683 g/mol. The number of ether oxygens (including phenoxy) is 1. The van der Waals surface area contributed by atoms with E-state index in [1.165, 1.54) is 30.5 Å². The number of aromatic nitrogens is 6. The molecular formula is C32H32FKN8O6. The summed E-state index contributed by atoms with van der Waals surface area (Å²) in [7, 11) is 3.54. The van der Waals surface area contributed by atoms with E-state index in [0.717, 1.165) is 22.0 Å². The number of nitro groups is 2. The van der Waals surface area contributed by atoms with Gasteiger partial charge in [-0.25, -0.2) is 9.97 Å². The van der Waals surface area contributed by atoms with E-state index in [1.54, 1.807) is 73.7 Å². The van der Waals surface area contributed by atoms with Gasteiger partial charge in [-0.15, -0.1) is 5.60 Å². The van der Waals surface area contributed by atoms with E-state index in [1.807, 2.05) is 20.0 Å². The normalized spacial score (nSPS) is 10.8. The van der Waals surface area contributed by atoms with Crippen LogP contribution < -0.4 is 61.2 Å². The Hall–Kier alpha value is -4.19. The van der Waals surface area contributed by atoms with Crippen LogP contribution in [0.2, 0.25) is 0 Å². The maximum atomic E-state index is 13.2. The standard InChI is InChI=1S/C15H14N4O3.C13H9FN4O2.C4H9O.K/c1-3-22-14-8-10(6-7-16-14)15-12-9-11(19(20)21)4-5-13(12)18(2)17-15;1-17-11-3-2-9(18(19)20)7-10(11)13(16-17)8-4-5-15-12(14)6-8;1-4(2,3)5;/h4-9H,3H2,1-2H3;2-7H,1H3;1-3H3;/q;;-1;+1. The molecule has 0 amide bonds. The van der Waals surface area contributed by atoms with Crippen LogP contribution in [0, 0.1) is 26.2 Å². The molecule has 0 aliphatic heterocycles. The van der Waals surface area contributed by atoms with E-state index < -0.39 is 21.4 Å². The third-order valence-electron chi connectivity index (χ3n) is 6.39. The first-order valence-corrected chi connectivity index (χ1v) is 14.3. The van der Waals surface area contributed by atoms with Crippen molar-refractivity contribution < 1.29 is 75.5 Å². The van der Waals surface area contributed by atoms with Gasteiger partial charge in [0.05, 0.1) is 27.5 Å². The van der Waals surface area contributed by atoms with Crippen molar-refractivity contribution in [1.82, 2.24) is 29.5 Å². The first-order valence-electron chi connectivity index (χ1n) is 14.3. The fourth-order valence-corrected chi connectivity index (χ4v) is 4.49. The molecule has 6 aromatic rings. The molecule has 244 valence electrons. The van der Waals surface area contributed by atoms with E-state index >= 15 is 0 Å². The molecule has 0 fully saturated rings. The molecule has 0 radical (unpaired) electrons. The van der Waals surface area contributed by atoms with E-state index in [0.29, 0.717) is 34.8 Å². The Morgan fingerprint density at radius 2 is 1.21 bits per heavy atom. The molecule has 16 heteroatoms. The summed E-state index contributed by atoms with van der Waals surface area (Å²) in [6.45, 7) is 7.30. The number of pyridine rings is 2. The van der Waals surface area contributed by atoms with Crippen LogP contribution in [0.15, 0.2) is 73.1 Å². The van der Waals surface area contributed by atoms with Gasteiger partial charge in [0.2, 0.25) is 11.8 Å². The molecule has 0 unspecified atom stereocenters. The maximum Gasteiger partial charge on any atom is 1.00 e. The predicted molar refractivity (Wildman–Crippen MR) is 172 cm³/mol. The molecule has 0 spiro atoms. The number of nitro benzene ring substituents is 2. The van der Waals surface area contributed by atoms with Crippen molar-refractivity contribution in [3.05, 3.63) is 99.2 Å². The van der Waals surface area contributed by atoms with Gasteiger partial charge in [0.1, 0.15) is 11.4 Å².